The summed E-state index contributed by atoms with van der Waals surface area (Å²) in [4.78, 5) is 0. The maximum absolute atomic E-state index is 10.5. The van der Waals surface area contributed by atoms with Gasteiger partial charge in [0.2, 0.25) is 0 Å². The molecule has 8 heteroatoms. The van der Waals surface area contributed by atoms with Gasteiger partial charge in [0.15, 0.2) is 5.44 Å². The maximum Gasteiger partial charge on any atom is 1.00 e. The van der Waals surface area contributed by atoms with Crippen LogP contribution in [0.4, 0.5) is 0 Å². The predicted molar refractivity (Wildman–Crippen MR) is 56.5 cm³/mol. The second kappa shape index (κ2) is 6.11. The van der Waals surface area contributed by atoms with Crippen molar-refractivity contribution < 1.29 is 47.6 Å². The number of aliphatic hydroxyl groups is 1. The first-order valence-corrected chi connectivity index (χ1v) is 6.46. The number of halogens is 2. The molecule has 1 aromatic rings. The zero-order valence-electron chi connectivity index (χ0n) is 7.65. The standard InChI is InChI=1S/C7H6Br2O4S.Na/c8-5-2-1-4(3-6(5)9)7(10)14(11,12)13;/h1-3,7,10H,(H,11,12,13);/q;+1/p-1. The zero-order chi connectivity index (χ0) is 10.9. The quantitative estimate of drug-likeness (QED) is 0.523. The minimum Gasteiger partial charge on any atom is -0.746 e. The maximum atomic E-state index is 10.5. The molecular formula is C7H5Br2NaO4S. The van der Waals surface area contributed by atoms with Crippen molar-refractivity contribution in [1.29, 1.82) is 0 Å². The molecule has 0 spiro atoms. The smallest absolute Gasteiger partial charge is 0.746 e. The van der Waals surface area contributed by atoms with Crippen LogP contribution in [0.2, 0.25) is 0 Å². The van der Waals surface area contributed by atoms with Crippen molar-refractivity contribution in [3.8, 4) is 0 Å². The van der Waals surface area contributed by atoms with Crippen molar-refractivity contribution in [1.82, 2.24) is 0 Å². The molecule has 0 aliphatic heterocycles. The Bertz CT molecular complexity index is 448. The van der Waals surface area contributed by atoms with Crippen molar-refractivity contribution >= 4 is 42.0 Å². The van der Waals surface area contributed by atoms with Gasteiger partial charge in [-0.1, -0.05) is 6.07 Å². The van der Waals surface area contributed by atoms with Gasteiger partial charge in [-0.2, -0.15) is 0 Å². The second-order valence-electron chi connectivity index (χ2n) is 2.52. The summed E-state index contributed by atoms with van der Waals surface area (Å²) >= 11 is 6.30. The Morgan fingerprint density at radius 2 is 1.80 bits per heavy atom. The molecule has 4 nitrogen and oxygen atoms in total. The van der Waals surface area contributed by atoms with Crippen LogP contribution in [0.15, 0.2) is 27.1 Å². The van der Waals surface area contributed by atoms with Gasteiger partial charge in [0.1, 0.15) is 10.1 Å². The fourth-order valence-electron chi connectivity index (χ4n) is 0.833. The van der Waals surface area contributed by atoms with Gasteiger partial charge >= 0.3 is 29.6 Å². The van der Waals surface area contributed by atoms with E-state index in [9.17, 15) is 13.0 Å². The minimum atomic E-state index is -4.72. The van der Waals surface area contributed by atoms with Crippen molar-refractivity contribution in [2.45, 2.75) is 5.44 Å². The topological polar surface area (TPSA) is 77.4 Å². The molecule has 0 aliphatic carbocycles. The molecule has 0 aromatic heterocycles. The van der Waals surface area contributed by atoms with Crippen LogP contribution in [-0.2, 0) is 10.1 Å². The Morgan fingerprint density at radius 3 is 2.20 bits per heavy atom. The second-order valence-corrected chi connectivity index (χ2v) is 5.66. The van der Waals surface area contributed by atoms with Gasteiger partial charge in [-0.25, -0.2) is 8.42 Å². The molecule has 0 bridgehead atoms. The van der Waals surface area contributed by atoms with Crippen LogP contribution < -0.4 is 29.6 Å². The van der Waals surface area contributed by atoms with Crippen molar-refractivity contribution in [2.24, 2.45) is 0 Å². The molecule has 0 amide bonds. The molecular weight excluding hydrogens is 363 g/mol. The van der Waals surface area contributed by atoms with E-state index in [2.05, 4.69) is 31.9 Å². The van der Waals surface area contributed by atoms with E-state index in [-0.39, 0.29) is 35.1 Å². The van der Waals surface area contributed by atoms with Crippen molar-refractivity contribution in [3.63, 3.8) is 0 Å². The van der Waals surface area contributed by atoms with E-state index in [1.54, 1.807) is 0 Å². The van der Waals surface area contributed by atoms with Crippen LogP contribution in [0.3, 0.4) is 0 Å². The number of hydrogen-bond acceptors (Lipinski definition) is 4. The summed E-state index contributed by atoms with van der Waals surface area (Å²) in [6, 6.07) is 4.26. The Hall–Kier alpha value is 1.05. The largest absolute Gasteiger partial charge is 1.00 e. The molecule has 1 unspecified atom stereocenters. The molecule has 0 fully saturated rings. The van der Waals surface area contributed by atoms with Crippen LogP contribution in [0.25, 0.3) is 0 Å². The third-order valence-electron chi connectivity index (χ3n) is 1.50. The summed E-state index contributed by atoms with van der Waals surface area (Å²) in [5, 5.41) is 9.14. The molecule has 78 valence electrons. The third-order valence-corrected chi connectivity index (χ3v) is 4.20. The summed E-state index contributed by atoms with van der Waals surface area (Å²) < 4.78 is 32.8. The van der Waals surface area contributed by atoms with Gasteiger partial charge in [0.25, 0.3) is 0 Å². The van der Waals surface area contributed by atoms with E-state index in [0.29, 0.717) is 8.95 Å². The number of aliphatic hydroxyl groups excluding tert-OH is 1. The first-order valence-electron chi connectivity index (χ1n) is 3.40. The number of hydrogen-bond donors (Lipinski definition) is 1. The Morgan fingerprint density at radius 1 is 1.27 bits per heavy atom. The van der Waals surface area contributed by atoms with E-state index in [0.717, 1.165) is 0 Å². The van der Waals surface area contributed by atoms with E-state index in [1.165, 1.54) is 18.2 Å². The molecule has 1 aromatic carbocycles. The Balaban J connectivity index is 0.00000196. The van der Waals surface area contributed by atoms with Crippen LogP contribution in [0.1, 0.15) is 11.0 Å². The van der Waals surface area contributed by atoms with Crippen molar-refractivity contribution in [3.05, 3.63) is 32.7 Å². The molecule has 0 aliphatic rings. The van der Waals surface area contributed by atoms with E-state index < -0.39 is 15.6 Å². The molecule has 15 heavy (non-hydrogen) atoms. The fraction of sp³-hybridized carbons (Fsp3) is 0.143. The number of rotatable bonds is 2. The third kappa shape index (κ3) is 4.43. The molecule has 0 radical (unpaired) electrons. The molecule has 0 saturated carbocycles. The van der Waals surface area contributed by atoms with Gasteiger partial charge in [0.05, 0.1) is 0 Å². The van der Waals surface area contributed by atoms with E-state index in [1.807, 2.05) is 0 Å². The van der Waals surface area contributed by atoms with Gasteiger partial charge in [-0.05, 0) is 49.6 Å². The zero-order valence-corrected chi connectivity index (χ0v) is 13.6. The van der Waals surface area contributed by atoms with Gasteiger partial charge in [-0.3, -0.25) is 0 Å². The summed E-state index contributed by atoms with van der Waals surface area (Å²) in [5.74, 6) is 0. The van der Waals surface area contributed by atoms with E-state index in [4.69, 9.17) is 5.11 Å². The number of benzene rings is 1. The normalized spacial score (nSPS) is 13.1. The minimum absolute atomic E-state index is 0. The van der Waals surface area contributed by atoms with E-state index >= 15 is 0 Å². The van der Waals surface area contributed by atoms with Gasteiger partial charge in [0, 0.05) is 8.95 Å². The molecule has 1 N–H and O–H groups in total. The van der Waals surface area contributed by atoms with Crippen LogP contribution in [0, 0.1) is 0 Å². The van der Waals surface area contributed by atoms with Crippen molar-refractivity contribution in [2.75, 3.05) is 0 Å². The first kappa shape index (κ1) is 16.1. The summed E-state index contributed by atoms with van der Waals surface area (Å²) in [5.41, 5.74) is -1.98. The summed E-state index contributed by atoms with van der Waals surface area (Å²) in [6.07, 6.45) is 0. The summed E-state index contributed by atoms with van der Waals surface area (Å²) in [7, 11) is -4.72. The predicted octanol–water partition coefficient (Wildman–Crippen LogP) is -1.25. The average Bonchev–Trinajstić information content (AvgIpc) is 2.07. The van der Waals surface area contributed by atoms with Gasteiger partial charge in [-0.15, -0.1) is 0 Å². The molecule has 0 saturated heterocycles. The molecule has 0 heterocycles. The average molecular weight is 368 g/mol. The molecule has 1 rings (SSSR count). The molecule has 1 atom stereocenters. The summed E-state index contributed by atoms with van der Waals surface area (Å²) in [6.45, 7) is 0. The first-order chi connectivity index (χ1) is 6.32. The van der Waals surface area contributed by atoms with Crippen LogP contribution >= 0.6 is 31.9 Å². The van der Waals surface area contributed by atoms with Crippen LogP contribution in [-0.4, -0.2) is 18.1 Å². The SMILES string of the molecule is O=S(=O)([O-])C(O)c1ccc(Br)c(Br)c1.[Na+]. The monoisotopic (exact) mass is 366 g/mol. The Labute approximate surface area is 126 Å². The van der Waals surface area contributed by atoms with Crippen LogP contribution in [0.5, 0.6) is 0 Å². The Kier molecular flexibility index (Phi) is 6.54. The van der Waals surface area contributed by atoms with Gasteiger partial charge < -0.3 is 9.66 Å². The fourth-order valence-corrected chi connectivity index (χ4v) is 1.96.